The van der Waals surface area contributed by atoms with Gasteiger partial charge in [-0.05, 0) is 17.7 Å². The molecule has 3 heteroatoms. The van der Waals surface area contributed by atoms with Gasteiger partial charge in [-0.25, -0.2) is 0 Å². The third-order valence-electron chi connectivity index (χ3n) is 1.62. The van der Waals surface area contributed by atoms with Gasteiger partial charge in [0.2, 0.25) is 0 Å². The Hall–Kier alpha value is -1.95. The number of rotatable bonds is 2. The molecule has 0 aliphatic carbocycles. The van der Waals surface area contributed by atoms with Crippen LogP contribution in [0.25, 0.3) is 0 Å². The fourth-order valence-electron chi connectivity index (χ4n) is 0.965. The number of hydrogen-bond donors (Lipinski definition) is 2. The fourth-order valence-corrected chi connectivity index (χ4v) is 0.965. The predicted octanol–water partition coefficient (Wildman–Crippen LogP) is 1.72. The molecule has 1 rings (SSSR count). The highest BCUT2D eigenvalue weighted by molar-refractivity contribution is 5.42. The van der Waals surface area contributed by atoms with E-state index in [1.807, 2.05) is 6.07 Å². The van der Waals surface area contributed by atoms with Crippen LogP contribution in [0.5, 0.6) is 11.5 Å². The van der Waals surface area contributed by atoms with Crippen LogP contribution in [0.1, 0.15) is 5.56 Å². The molecule has 13 heavy (non-hydrogen) atoms. The Morgan fingerprint density at radius 2 is 2.08 bits per heavy atom. The van der Waals surface area contributed by atoms with Crippen LogP contribution in [-0.2, 0) is 6.42 Å². The molecule has 0 radical (unpaired) electrons. The van der Waals surface area contributed by atoms with Gasteiger partial charge in [-0.2, -0.15) is 5.26 Å². The molecule has 2 N–H and O–H groups in total. The summed E-state index contributed by atoms with van der Waals surface area (Å²) >= 11 is 0. The molecule has 0 bridgehead atoms. The Morgan fingerprint density at radius 1 is 1.38 bits per heavy atom. The zero-order valence-electron chi connectivity index (χ0n) is 6.99. The molecule has 0 aliphatic heterocycles. The summed E-state index contributed by atoms with van der Waals surface area (Å²) in [6.45, 7) is 3.52. The first kappa shape index (κ1) is 9.14. The zero-order chi connectivity index (χ0) is 9.84. The van der Waals surface area contributed by atoms with Gasteiger partial charge in [0.05, 0.1) is 6.07 Å². The minimum Gasteiger partial charge on any atom is -0.504 e. The van der Waals surface area contributed by atoms with Crippen molar-refractivity contribution in [1.29, 1.82) is 5.26 Å². The molecule has 0 saturated heterocycles. The van der Waals surface area contributed by atoms with Gasteiger partial charge in [-0.1, -0.05) is 12.6 Å². The van der Waals surface area contributed by atoms with E-state index in [0.29, 0.717) is 12.0 Å². The van der Waals surface area contributed by atoms with Gasteiger partial charge in [0.1, 0.15) is 0 Å². The first-order valence-corrected chi connectivity index (χ1v) is 3.72. The van der Waals surface area contributed by atoms with Crippen LogP contribution in [-0.4, -0.2) is 10.2 Å². The second kappa shape index (κ2) is 3.63. The van der Waals surface area contributed by atoms with Crippen LogP contribution < -0.4 is 0 Å². The summed E-state index contributed by atoms with van der Waals surface area (Å²) in [5.74, 6) is -0.338. The summed E-state index contributed by atoms with van der Waals surface area (Å²) in [4.78, 5) is 0. The van der Waals surface area contributed by atoms with Gasteiger partial charge in [0, 0.05) is 12.0 Å². The Labute approximate surface area is 76.2 Å². The van der Waals surface area contributed by atoms with Crippen molar-refractivity contribution in [3.05, 3.63) is 35.9 Å². The van der Waals surface area contributed by atoms with Gasteiger partial charge < -0.3 is 10.2 Å². The van der Waals surface area contributed by atoms with E-state index in [9.17, 15) is 0 Å². The van der Waals surface area contributed by atoms with Crippen LogP contribution in [0.2, 0.25) is 0 Å². The second-order valence-corrected chi connectivity index (χ2v) is 2.72. The minimum atomic E-state index is -0.178. The Morgan fingerprint density at radius 3 is 2.62 bits per heavy atom. The molecule has 0 saturated carbocycles. The van der Waals surface area contributed by atoms with Crippen molar-refractivity contribution in [3.63, 3.8) is 0 Å². The predicted molar refractivity (Wildman–Crippen MR) is 48.2 cm³/mol. The summed E-state index contributed by atoms with van der Waals surface area (Å²) in [5.41, 5.74) is 1.17. The van der Waals surface area contributed by atoms with Crippen LogP contribution >= 0.6 is 0 Å². The van der Waals surface area contributed by atoms with Crippen molar-refractivity contribution >= 4 is 0 Å². The Kier molecular flexibility index (Phi) is 2.56. The van der Waals surface area contributed by atoms with Gasteiger partial charge in [0.15, 0.2) is 11.5 Å². The lowest BCUT2D eigenvalue weighted by Crippen LogP contribution is -1.86. The van der Waals surface area contributed by atoms with Crippen molar-refractivity contribution in [1.82, 2.24) is 0 Å². The quantitative estimate of drug-likeness (QED) is 0.531. The molecule has 0 fully saturated rings. The monoisotopic (exact) mass is 175 g/mol. The van der Waals surface area contributed by atoms with Crippen molar-refractivity contribution < 1.29 is 10.2 Å². The van der Waals surface area contributed by atoms with E-state index in [1.165, 1.54) is 12.1 Å². The summed E-state index contributed by atoms with van der Waals surface area (Å²) in [6.07, 6.45) is 0.393. The lowest BCUT2D eigenvalue weighted by molar-refractivity contribution is 0.403. The summed E-state index contributed by atoms with van der Waals surface area (Å²) in [7, 11) is 0. The number of benzene rings is 1. The average Bonchev–Trinajstić information content (AvgIpc) is 2.11. The Bertz CT molecular complexity index is 377. The molecule has 0 atom stereocenters. The van der Waals surface area contributed by atoms with Gasteiger partial charge in [-0.3, -0.25) is 0 Å². The van der Waals surface area contributed by atoms with Gasteiger partial charge in [-0.15, -0.1) is 0 Å². The van der Waals surface area contributed by atoms with Crippen LogP contribution in [0.15, 0.2) is 30.4 Å². The minimum absolute atomic E-state index is 0.161. The van der Waals surface area contributed by atoms with E-state index in [2.05, 4.69) is 6.58 Å². The van der Waals surface area contributed by atoms with E-state index >= 15 is 0 Å². The molecule has 1 aromatic rings. The molecule has 0 aromatic heterocycles. The number of aromatic hydroxyl groups is 2. The highest BCUT2D eigenvalue weighted by Gasteiger charge is 2.01. The number of hydrogen-bond acceptors (Lipinski definition) is 3. The summed E-state index contributed by atoms with van der Waals surface area (Å²) in [5, 5.41) is 26.6. The molecule has 0 heterocycles. The largest absolute Gasteiger partial charge is 0.504 e. The third-order valence-corrected chi connectivity index (χ3v) is 1.62. The highest BCUT2D eigenvalue weighted by Crippen LogP contribution is 2.25. The molecule has 3 nitrogen and oxygen atoms in total. The SMILES string of the molecule is C=C(C#N)Cc1ccc(O)c(O)c1. The third kappa shape index (κ3) is 2.24. The van der Waals surface area contributed by atoms with Gasteiger partial charge >= 0.3 is 0 Å². The maximum absolute atomic E-state index is 9.12. The first-order chi connectivity index (χ1) is 6.13. The standard InChI is InChI=1S/C10H9NO2/c1-7(6-11)4-8-2-3-9(12)10(13)5-8/h2-3,5,12-13H,1,4H2. The van der Waals surface area contributed by atoms with E-state index in [4.69, 9.17) is 15.5 Å². The van der Waals surface area contributed by atoms with Crippen molar-refractivity contribution in [2.24, 2.45) is 0 Å². The lowest BCUT2D eigenvalue weighted by Gasteiger charge is -2.01. The second-order valence-electron chi connectivity index (χ2n) is 2.72. The van der Waals surface area contributed by atoms with Crippen molar-refractivity contribution in [2.45, 2.75) is 6.42 Å². The Balaban J connectivity index is 2.87. The highest BCUT2D eigenvalue weighted by atomic mass is 16.3. The fraction of sp³-hybridized carbons (Fsp3) is 0.100. The molecular weight excluding hydrogens is 166 g/mol. The summed E-state index contributed by atoms with van der Waals surface area (Å²) in [6, 6.07) is 6.34. The number of allylic oxidation sites excluding steroid dienone is 1. The van der Waals surface area contributed by atoms with Crippen LogP contribution in [0.4, 0.5) is 0 Å². The number of nitrogens with zero attached hydrogens (tertiary/aromatic N) is 1. The lowest BCUT2D eigenvalue weighted by atomic mass is 10.1. The molecule has 0 unspecified atom stereocenters. The molecule has 0 amide bonds. The van der Waals surface area contributed by atoms with Gasteiger partial charge in [0.25, 0.3) is 0 Å². The topological polar surface area (TPSA) is 64.2 Å². The maximum Gasteiger partial charge on any atom is 0.157 e. The normalized spacial score (nSPS) is 9.15. The maximum atomic E-state index is 9.12. The van der Waals surface area contributed by atoms with E-state index in [0.717, 1.165) is 5.56 Å². The zero-order valence-corrected chi connectivity index (χ0v) is 6.99. The molecule has 1 aromatic carbocycles. The van der Waals surface area contributed by atoms with Crippen LogP contribution in [0.3, 0.4) is 0 Å². The number of phenolic OH excluding ortho intramolecular Hbond substituents is 2. The van der Waals surface area contributed by atoms with E-state index < -0.39 is 0 Å². The van der Waals surface area contributed by atoms with E-state index in [1.54, 1.807) is 6.07 Å². The van der Waals surface area contributed by atoms with Crippen molar-refractivity contribution in [3.8, 4) is 17.6 Å². The molecule has 0 aliphatic rings. The van der Waals surface area contributed by atoms with Crippen LogP contribution in [0, 0.1) is 11.3 Å². The summed E-state index contributed by atoms with van der Waals surface area (Å²) < 4.78 is 0. The average molecular weight is 175 g/mol. The molecule has 66 valence electrons. The number of phenols is 2. The first-order valence-electron chi connectivity index (χ1n) is 3.72. The molecular formula is C10H9NO2. The molecule has 0 spiro atoms. The van der Waals surface area contributed by atoms with Crippen molar-refractivity contribution in [2.75, 3.05) is 0 Å². The van der Waals surface area contributed by atoms with E-state index in [-0.39, 0.29) is 11.5 Å². The smallest absolute Gasteiger partial charge is 0.157 e. The number of nitriles is 1.